The Balaban J connectivity index is 3.09. The minimum Gasteiger partial charge on any atom is -0.166 e. The predicted octanol–water partition coefficient (Wildman–Crippen LogP) is 4.51. The fourth-order valence-corrected chi connectivity index (χ4v) is 1.84. The van der Waals surface area contributed by atoms with Crippen LogP contribution in [0.1, 0.15) is 29.5 Å². The molecule has 1 aromatic rings. The molecule has 0 spiro atoms. The van der Waals surface area contributed by atoms with E-state index in [0.29, 0.717) is 5.56 Å². The van der Waals surface area contributed by atoms with Crippen LogP contribution >= 0.6 is 15.9 Å². The van der Waals surface area contributed by atoms with Gasteiger partial charge >= 0.3 is 6.18 Å². The van der Waals surface area contributed by atoms with Crippen LogP contribution in [0, 0.1) is 6.92 Å². The zero-order valence-corrected chi connectivity index (χ0v) is 10.1. The van der Waals surface area contributed by atoms with Crippen molar-refractivity contribution in [2.24, 2.45) is 0 Å². The monoisotopic (exact) mass is 280 g/mol. The van der Waals surface area contributed by atoms with Crippen LogP contribution in [0.25, 0.3) is 0 Å². The average molecular weight is 281 g/mol. The van der Waals surface area contributed by atoms with E-state index in [2.05, 4.69) is 15.9 Å². The van der Waals surface area contributed by atoms with Crippen molar-refractivity contribution in [3.63, 3.8) is 0 Å². The molecule has 0 N–H and O–H groups in total. The summed E-state index contributed by atoms with van der Waals surface area (Å²) in [4.78, 5) is 0. The van der Waals surface area contributed by atoms with Crippen molar-refractivity contribution in [1.29, 1.82) is 0 Å². The van der Waals surface area contributed by atoms with Gasteiger partial charge in [0.1, 0.15) is 0 Å². The molecule has 1 atom stereocenters. The van der Waals surface area contributed by atoms with Gasteiger partial charge in [-0.1, -0.05) is 28.9 Å². The Morgan fingerprint density at radius 3 is 2.33 bits per heavy atom. The van der Waals surface area contributed by atoms with Crippen LogP contribution in [-0.2, 0) is 6.18 Å². The summed E-state index contributed by atoms with van der Waals surface area (Å²) in [5.41, 5.74) is 1.07. The largest absolute Gasteiger partial charge is 0.416 e. The zero-order valence-electron chi connectivity index (χ0n) is 8.53. The standard InChI is InChI=1S/C11H12BrF3/c1-7-5-9(11(13,14)15)3-4-10(7)8(2)6-12/h3-5,8H,6H2,1-2H3. The summed E-state index contributed by atoms with van der Waals surface area (Å²) in [6.07, 6.45) is -4.25. The Hall–Kier alpha value is -0.510. The van der Waals surface area contributed by atoms with E-state index in [-0.39, 0.29) is 5.92 Å². The number of hydrogen-bond acceptors (Lipinski definition) is 0. The first-order chi connectivity index (χ1) is 6.86. The van der Waals surface area contributed by atoms with Gasteiger partial charge in [-0.25, -0.2) is 0 Å². The van der Waals surface area contributed by atoms with Crippen molar-refractivity contribution < 1.29 is 13.2 Å². The fraction of sp³-hybridized carbons (Fsp3) is 0.455. The quantitative estimate of drug-likeness (QED) is 0.699. The van der Waals surface area contributed by atoms with E-state index in [0.717, 1.165) is 17.0 Å². The lowest BCUT2D eigenvalue weighted by molar-refractivity contribution is -0.137. The minimum atomic E-state index is -4.25. The van der Waals surface area contributed by atoms with Crippen LogP contribution in [0.3, 0.4) is 0 Å². The third-order valence-corrected chi connectivity index (χ3v) is 3.33. The van der Waals surface area contributed by atoms with Crippen LogP contribution in [0.4, 0.5) is 13.2 Å². The molecule has 0 aromatic heterocycles. The molecule has 0 saturated heterocycles. The predicted molar refractivity (Wildman–Crippen MR) is 58.4 cm³/mol. The smallest absolute Gasteiger partial charge is 0.166 e. The van der Waals surface area contributed by atoms with Gasteiger partial charge in [-0.2, -0.15) is 13.2 Å². The summed E-state index contributed by atoms with van der Waals surface area (Å²) in [6.45, 7) is 3.69. The lowest BCUT2D eigenvalue weighted by Gasteiger charge is -2.14. The molecular weight excluding hydrogens is 269 g/mol. The summed E-state index contributed by atoms with van der Waals surface area (Å²) >= 11 is 3.32. The summed E-state index contributed by atoms with van der Waals surface area (Å²) in [5.74, 6) is 0.229. The Morgan fingerprint density at radius 1 is 1.33 bits per heavy atom. The number of hydrogen-bond donors (Lipinski definition) is 0. The van der Waals surface area contributed by atoms with E-state index in [1.165, 1.54) is 6.07 Å². The topological polar surface area (TPSA) is 0 Å². The molecule has 0 aliphatic rings. The van der Waals surface area contributed by atoms with Crippen molar-refractivity contribution in [1.82, 2.24) is 0 Å². The van der Waals surface area contributed by atoms with Gasteiger partial charge in [-0.3, -0.25) is 0 Å². The molecule has 0 fully saturated rings. The lowest BCUT2D eigenvalue weighted by atomic mass is 9.96. The van der Waals surface area contributed by atoms with Gasteiger partial charge < -0.3 is 0 Å². The zero-order chi connectivity index (χ0) is 11.6. The molecule has 0 heterocycles. The molecule has 0 nitrogen and oxygen atoms in total. The van der Waals surface area contributed by atoms with Crippen LogP contribution in [0.2, 0.25) is 0 Å². The molecule has 1 rings (SSSR count). The van der Waals surface area contributed by atoms with Crippen molar-refractivity contribution in [3.05, 3.63) is 34.9 Å². The van der Waals surface area contributed by atoms with Crippen molar-refractivity contribution in [2.45, 2.75) is 25.9 Å². The molecule has 0 bridgehead atoms. The Labute approximate surface area is 95.6 Å². The maximum absolute atomic E-state index is 12.4. The molecule has 1 unspecified atom stereocenters. The summed E-state index contributed by atoms with van der Waals surface area (Å²) in [7, 11) is 0. The highest BCUT2D eigenvalue weighted by atomic mass is 79.9. The molecule has 84 valence electrons. The number of aryl methyl sites for hydroxylation is 1. The van der Waals surface area contributed by atoms with E-state index in [1.54, 1.807) is 13.0 Å². The number of benzene rings is 1. The first-order valence-corrected chi connectivity index (χ1v) is 5.72. The molecule has 0 radical (unpaired) electrons. The lowest BCUT2D eigenvalue weighted by Crippen LogP contribution is -2.07. The Bertz CT molecular complexity index is 344. The molecular formula is C11H12BrF3. The van der Waals surface area contributed by atoms with Crippen molar-refractivity contribution in [2.75, 3.05) is 5.33 Å². The highest BCUT2D eigenvalue weighted by Gasteiger charge is 2.30. The third kappa shape index (κ3) is 2.97. The average Bonchev–Trinajstić information content (AvgIpc) is 2.15. The van der Waals surface area contributed by atoms with E-state index in [4.69, 9.17) is 0 Å². The van der Waals surface area contributed by atoms with Crippen molar-refractivity contribution >= 4 is 15.9 Å². The van der Waals surface area contributed by atoms with Crippen molar-refractivity contribution in [3.8, 4) is 0 Å². The number of rotatable bonds is 2. The summed E-state index contributed by atoms with van der Waals surface area (Å²) in [6, 6.07) is 3.90. The molecule has 1 aromatic carbocycles. The van der Waals surface area contributed by atoms with Gasteiger partial charge in [0.2, 0.25) is 0 Å². The van der Waals surface area contributed by atoms with Gasteiger partial charge in [0, 0.05) is 5.33 Å². The molecule has 4 heteroatoms. The first kappa shape index (κ1) is 12.6. The molecule has 0 amide bonds. The summed E-state index contributed by atoms with van der Waals surface area (Å²) < 4.78 is 37.1. The van der Waals surface area contributed by atoms with E-state index < -0.39 is 11.7 Å². The Morgan fingerprint density at radius 2 is 1.93 bits per heavy atom. The maximum Gasteiger partial charge on any atom is 0.416 e. The van der Waals surface area contributed by atoms with Gasteiger partial charge in [0.25, 0.3) is 0 Å². The van der Waals surface area contributed by atoms with Gasteiger partial charge in [-0.05, 0) is 36.1 Å². The normalized spacial score (nSPS) is 14.0. The van der Waals surface area contributed by atoms with Gasteiger partial charge in [0.05, 0.1) is 5.56 Å². The molecule has 0 aliphatic carbocycles. The van der Waals surface area contributed by atoms with Crippen LogP contribution in [0.5, 0.6) is 0 Å². The summed E-state index contributed by atoms with van der Waals surface area (Å²) in [5, 5.41) is 0.749. The maximum atomic E-state index is 12.4. The third-order valence-electron chi connectivity index (χ3n) is 2.36. The fourth-order valence-electron chi connectivity index (χ4n) is 1.49. The second-order valence-corrected chi connectivity index (χ2v) is 4.27. The first-order valence-electron chi connectivity index (χ1n) is 4.60. The van der Waals surface area contributed by atoms with Crippen LogP contribution < -0.4 is 0 Å². The SMILES string of the molecule is Cc1cc(C(F)(F)F)ccc1C(C)CBr. The van der Waals surface area contributed by atoms with E-state index in [1.807, 2.05) is 6.92 Å². The highest BCUT2D eigenvalue weighted by Crippen LogP contribution is 2.32. The van der Waals surface area contributed by atoms with Crippen LogP contribution in [0.15, 0.2) is 18.2 Å². The molecule has 0 aliphatic heterocycles. The Kier molecular flexibility index (Phi) is 3.82. The highest BCUT2D eigenvalue weighted by molar-refractivity contribution is 9.09. The second-order valence-electron chi connectivity index (χ2n) is 3.62. The van der Waals surface area contributed by atoms with Gasteiger partial charge in [-0.15, -0.1) is 0 Å². The number of halogens is 4. The molecule has 0 saturated carbocycles. The molecule has 15 heavy (non-hydrogen) atoms. The van der Waals surface area contributed by atoms with Crippen LogP contribution in [-0.4, -0.2) is 5.33 Å². The minimum absolute atomic E-state index is 0.229. The van der Waals surface area contributed by atoms with E-state index in [9.17, 15) is 13.2 Å². The second kappa shape index (κ2) is 4.56. The van der Waals surface area contributed by atoms with Gasteiger partial charge in [0.15, 0.2) is 0 Å². The van der Waals surface area contributed by atoms with E-state index >= 15 is 0 Å². The number of alkyl halides is 4.